The molecule has 1 saturated heterocycles. The number of anilines is 1. The lowest BCUT2D eigenvalue weighted by Crippen LogP contribution is -2.46. The molecule has 3 aromatic heterocycles. The van der Waals surface area contributed by atoms with Gasteiger partial charge in [0.25, 0.3) is 0 Å². The first-order chi connectivity index (χ1) is 12.7. The van der Waals surface area contributed by atoms with Crippen LogP contribution in [0.4, 0.5) is 5.69 Å². The van der Waals surface area contributed by atoms with Crippen molar-refractivity contribution in [3.63, 3.8) is 0 Å². The standard InChI is InChI=1S/C20H23N5O/c1-23(17-5-10-24(11-6-17)18-2-7-21-8-3-18)20(26)13-16-4-9-25-15-22-14-19(25)12-16/h2-4,7-9,12,14-15,17H,5-6,10-11,13H2,1H3. The summed E-state index contributed by atoms with van der Waals surface area (Å²) >= 11 is 0. The number of piperidine rings is 1. The van der Waals surface area contributed by atoms with Crippen molar-refractivity contribution in [3.8, 4) is 0 Å². The lowest BCUT2D eigenvalue weighted by Gasteiger charge is -2.37. The van der Waals surface area contributed by atoms with Crippen LogP contribution in [0.15, 0.2) is 55.4 Å². The second-order valence-corrected chi connectivity index (χ2v) is 6.87. The van der Waals surface area contributed by atoms with Gasteiger partial charge in [-0.05, 0) is 42.7 Å². The minimum atomic E-state index is 0.177. The molecule has 1 aliphatic rings. The topological polar surface area (TPSA) is 53.7 Å². The summed E-state index contributed by atoms with van der Waals surface area (Å²) in [6.45, 7) is 1.93. The molecule has 1 fully saturated rings. The van der Waals surface area contributed by atoms with Gasteiger partial charge in [-0.15, -0.1) is 0 Å². The van der Waals surface area contributed by atoms with Crippen LogP contribution in [-0.2, 0) is 11.2 Å². The van der Waals surface area contributed by atoms with Crippen molar-refractivity contribution < 1.29 is 4.79 Å². The quantitative estimate of drug-likeness (QED) is 0.726. The summed E-state index contributed by atoms with van der Waals surface area (Å²) in [5.74, 6) is 0.177. The van der Waals surface area contributed by atoms with E-state index in [0.717, 1.165) is 37.0 Å². The normalized spacial score (nSPS) is 15.3. The van der Waals surface area contributed by atoms with Gasteiger partial charge in [-0.1, -0.05) is 0 Å². The Morgan fingerprint density at radius 3 is 2.73 bits per heavy atom. The molecule has 0 N–H and O–H groups in total. The molecule has 0 aliphatic carbocycles. The van der Waals surface area contributed by atoms with Crippen LogP contribution in [0.25, 0.3) is 5.52 Å². The van der Waals surface area contributed by atoms with Gasteiger partial charge >= 0.3 is 0 Å². The van der Waals surface area contributed by atoms with Crippen molar-refractivity contribution in [2.45, 2.75) is 25.3 Å². The third-order valence-corrected chi connectivity index (χ3v) is 5.27. The lowest BCUT2D eigenvalue weighted by molar-refractivity contribution is -0.131. The molecule has 0 bridgehead atoms. The van der Waals surface area contributed by atoms with Gasteiger partial charge in [-0.2, -0.15) is 0 Å². The van der Waals surface area contributed by atoms with Gasteiger partial charge in [0.15, 0.2) is 0 Å². The maximum atomic E-state index is 12.7. The van der Waals surface area contributed by atoms with Gasteiger partial charge in [-0.3, -0.25) is 9.78 Å². The molecule has 1 aliphatic heterocycles. The Labute approximate surface area is 153 Å². The first-order valence-electron chi connectivity index (χ1n) is 9.02. The summed E-state index contributed by atoms with van der Waals surface area (Å²) in [5.41, 5.74) is 3.26. The summed E-state index contributed by atoms with van der Waals surface area (Å²) < 4.78 is 1.95. The van der Waals surface area contributed by atoms with Crippen LogP contribution in [0.2, 0.25) is 0 Å². The number of amides is 1. The monoisotopic (exact) mass is 349 g/mol. The molecule has 4 heterocycles. The van der Waals surface area contributed by atoms with E-state index < -0.39 is 0 Å². The summed E-state index contributed by atoms with van der Waals surface area (Å²) in [5, 5.41) is 0. The second kappa shape index (κ2) is 7.15. The highest BCUT2D eigenvalue weighted by Gasteiger charge is 2.25. The fourth-order valence-corrected chi connectivity index (χ4v) is 3.64. The average molecular weight is 349 g/mol. The molecule has 6 heteroatoms. The van der Waals surface area contributed by atoms with E-state index in [1.807, 2.05) is 65.4 Å². The molecule has 134 valence electrons. The Balaban J connectivity index is 1.35. The van der Waals surface area contributed by atoms with Crippen LogP contribution in [0.5, 0.6) is 0 Å². The number of nitrogens with zero attached hydrogens (tertiary/aromatic N) is 5. The Bertz CT molecular complexity index is 883. The minimum Gasteiger partial charge on any atom is -0.371 e. The molecular formula is C20H23N5O. The van der Waals surface area contributed by atoms with Crippen LogP contribution in [-0.4, -0.2) is 51.4 Å². The van der Waals surface area contributed by atoms with E-state index in [-0.39, 0.29) is 5.91 Å². The van der Waals surface area contributed by atoms with E-state index in [9.17, 15) is 4.79 Å². The number of imidazole rings is 1. The molecule has 0 atom stereocenters. The van der Waals surface area contributed by atoms with Crippen LogP contribution in [0.3, 0.4) is 0 Å². The van der Waals surface area contributed by atoms with Crippen molar-refractivity contribution >= 4 is 17.1 Å². The molecular weight excluding hydrogens is 326 g/mol. The van der Waals surface area contributed by atoms with Gasteiger partial charge in [0.2, 0.25) is 5.91 Å². The molecule has 0 radical (unpaired) electrons. The number of carbonyl (C=O) groups excluding carboxylic acids is 1. The maximum absolute atomic E-state index is 12.7. The maximum Gasteiger partial charge on any atom is 0.226 e. The van der Waals surface area contributed by atoms with Crippen LogP contribution < -0.4 is 4.90 Å². The molecule has 4 rings (SSSR count). The fraction of sp³-hybridized carbons (Fsp3) is 0.350. The largest absolute Gasteiger partial charge is 0.371 e. The molecule has 0 saturated carbocycles. The number of likely N-dealkylation sites (N-methyl/N-ethyl adjacent to an activating group) is 1. The van der Waals surface area contributed by atoms with Gasteiger partial charge in [0.1, 0.15) is 0 Å². The first-order valence-corrected chi connectivity index (χ1v) is 9.02. The zero-order chi connectivity index (χ0) is 17.9. The Hall–Kier alpha value is -2.89. The molecule has 0 spiro atoms. The Morgan fingerprint density at radius 2 is 1.96 bits per heavy atom. The van der Waals surface area contributed by atoms with E-state index in [1.165, 1.54) is 5.69 Å². The summed E-state index contributed by atoms with van der Waals surface area (Å²) in [4.78, 5) is 25.2. The SMILES string of the molecule is CN(C(=O)Cc1ccn2cncc2c1)C1CCN(c2ccncc2)CC1. The third-order valence-electron chi connectivity index (χ3n) is 5.27. The van der Waals surface area contributed by atoms with Crippen molar-refractivity contribution in [1.29, 1.82) is 0 Å². The van der Waals surface area contributed by atoms with E-state index in [2.05, 4.69) is 14.9 Å². The number of rotatable bonds is 4. The van der Waals surface area contributed by atoms with Crippen molar-refractivity contribution in [2.24, 2.45) is 0 Å². The molecule has 0 aromatic carbocycles. The first kappa shape index (κ1) is 16.6. The smallest absolute Gasteiger partial charge is 0.226 e. The number of pyridine rings is 2. The Morgan fingerprint density at radius 1 is 1.19 bits per heavy atom. The van der Waals surface area contributed by atoms with Crippen molar-refractivity contribution in [1.82, 2.24) is 19.3 Å². The lowest BCUT2D eigenvalue weighted by atomic mass is 10.0. The van der Waals surface area contributed by atoms with E-state index in [0.29, 0.717) is 12.5 Å². The predicted octanol–water partition coefficient (Wildman–Crippen LogP) is 2.40. The second-order valence-electron chi connectivity index (χ2n) is 6.87. The summed E-state index contributed by atoms with van der Waals surface area (Å²) in [7, 11) is 1.94. The summed E-state index contributed by atoms with van der Waals surface area (Å²) in [6, 6.07) is 8.42. The number of fused-ring (bicyclic) bond motifs is 1. The summed E-state index contributed by atoms with van der Waals surface area (Å²) in [6.07, 6.45) is 11.6. The molecule has 0 unspecified atom stereocenters. The van der Waals surface area contributed by atoms with Crippen LogP contribution in [0, 0.1) is 0 Å². The van der Waals surface area contributed by atoms with Crippen LogP contribution >= 0.6 is 0 Å². The van der Waals surface area contributed by atoms with Gasteiger partial charge in [-0.25, -0.2) is 4.98 Å². The molecule has 3 aromatic rings. The van der Waals surface area contributed by atoms with Gasteiger partial charge in [0, 0.05) is 50.5 Å². The van der Waals surface area contributed by atoms with Gasteiger partial charge < -0.3 is 14.2 Å². The van der Waals surface area contributed by atoms with Crippen molar-refractivity contribution in [3.05, 3.63) is 60.9 Å². The number of hydrogen-bond acceptors (Lipinski definition) is 4. The van der Waals surface area contributed by atoms with Crippen molar-refractivity contribution in [2.75, 3.05) is 25.0 Å². The van der Waals surface area contributed by atoms with E-state index in [4.69, 9.17) is 0 Å². The zero-order valence-corrected chi connectivity index (χ0v) is 15.0. The molecule has 26 heavy (non-hydrogen) atoms. The number of hydrogen-bond donors (Lipinski definition) is 0. The minimum absolute atomic E-state index is 0.177. The Kier molecular flexibility index (Phi) is 4.56. The highest BCUT2D eigenvalue weighted by atomic mass is 16.2. The van der Waals surface area contributed by atoms with E-state index in [1.54, 1.807) is 6.33 Å². The fourth-order valence-electron chi connectivity index (χ4n) is 3.64. The van der Waals surface area contributed by atoms with E-state index >= 15 is 0 Å². The highest BCUT2D eigenvalue weighted by molar-refractivity contribution is 5.79. The number of aromatic nitrogens is 3. The zero-order valence-electron chi connectivity index (χ0n) is 15.0. The third kappa shape index (κ3) is 3.40. The predicted molar refractivity (Wildman–Crippen MR) is 101 cm³/mol. The number of carbonyl (C=O) groups is 1. The molecule has 1 amide bonds. The van der Waals surface area contributed by atoms with Gasteiger partial charge in [0.05, 0.1) is 24.5 Å². The average Bonchev–Trinajstić information content (AvgIpc) is 3.16. The molecule has 6 nitrogen and oxygen atoms in total. The van der Waals surface area contributed by atoms with Crippen LogP contribution in [0.1, 0.15) is 18.4 Å². The highest BCUT2D eigenvalue weighted by Crippen LogP contribution is 2.22.